The van der Waals surface area contributed by atoms with E-state index in [1.165, 1.54) is 5.56 Å². The van der Waals surface area contributed by atoms with Crippen molar-refractivity contribution < 1.29 is 18.9 Å². The van der Waals surface area contributed by atoms with Gasteiger partial charge in [0.2, 0.25) is 0 Å². The lowest BCUT2D eigenvalue weighted by atomic mass is 9.78. The molecular weight excluding hydrogens is 438 g/mol. The number of aryl methyl sites for hydroxylation is 1. The normalized spacial score (nSPS) is 12.5. The van der Waals surface area contributed by atoms with Gasteiger partial charge in [0.1, 0.15) is 23.0 Å². The number of rotatable bonds is 6. The molecule has 5 rings (SSSR count). The van der Waals surface area contributed by atoms with Crippen molar-refractivity contribution in [2.75, 3.05) is 33.3 Å². The van der Waals surface area contributed by atoms with E-state index in [4.69, 9.17) is 18.9 Å². The summed E-state index contributed by atoms with van der Waals surface area (Å²) in [6.07, 6.45) is 0. The SMILES string of the molecule is COc1cccc(OC)c1C1c2c(OC)cccc2N(c2ccc(C)cc2)c2cccc(OC)c21. The monoisotopic (exact) mass is 467 g/mol. The van der Waals surface area contributed by atoms with Gasteiger partial charge in [0.15, 0.2) is 0 Å². The predicted octanol–water partition coefficient (Wildman–Crippen LogP) is 6.99. The highest BCUT2D eigenvalue weighted by molar-refractivity contribution is 5.89. The van der Waals surface area contributed by atoms with Gasteiger partial charge in [-0.3, -0.25) is 0 Å². The second-order valence-electron chi connectivity index (χ2n) is 8.47. The van der Waals surface area contributed by atoms with Crippen LogP contribution in [-0.2, 0) is 0 Å². The Morgan fingerprint density at radius 1 is 0.514 bits per heavy atom. The minimum Gasteiger partial charge on any atom is -0.496 e. The van der Waals surface area contributed by atoms with Crippen LogP contribution in [-0.4, -0.2) is 28.4 Å². The van der Waals surface area contributed by atoms with Gasteiger partial charge >= 0.3 is 0 Å². The summed E-state index contributed by atoms with van der Waals surface area (Å²) in [5, 5.41) is 0. The number of benzene rings is 4. The third-order valence-corrected chi connectivity index (χ3v) is 6.63. The zero-order valence-electron chi connectivity index (χ0n) is 20.7. The molecule has 5 nitrogen and oxygen atoms in total. The summed E-state index contributed by atoms with van der Waals surface area (Å²) in [6, 6.07) is 26.7. The first-order valence-corrected chi connectivity index (χ1v) is 11.5. The van der Waals surface area contributed by atoms with Gasteiger partial charge < -0.3 is 23.8 Å². The van der Waals surface area contributed by atoms with E-state index in [0.717, 1.165) is 56.8 Å². The molecule has 1 aliphatic heterocycles. The molecule has 0 bridgehead atoms. The molecule has 0 radical (unpaired) electrons. The molecule has 5 heteroatoms. The van der Waals surface area contributed by atoms with Crippen molar-refractivity contribution >= 4 is 17.1 Å². The fraction of sp³-hybridized carbons (Fsp3) is 0.200. The Morgan fingerprint density at radius 2 is 0.914 bits per heavy atom. The van der Waals surface area contributed by atoms with Crippen molar-refractivity contribution in [1.29, 1.82) is 0 Å². The van der Waals surface area contributed by atoms with Crippen LogP contribution in [0.4, 0.5) is 17.1 Å². The van der Waals surface area contributed by atoms with Gasteiger partial charge in [-0.05, 0) is 55.5 Å². The fourth-order valence-corrected chi connectivity index (χ4v) is 5.09. The van der Waals surface area contributed by atoms with Crippen LogP contribution in [0.5, 0.6) is 23.0 Å². The number of methoxy groups -OCH3 is 4. The van der Waals surface area contributed by atoms with Crippen LogP contribution < -0.4 is 23.8 Å². The molecule has 4 aromatic rings. The molecule has 1 heterocycles. The highest BCUT2D eigenvalue weighted by atomic mass is 16.5. The molecule has 0 atom stereocenters. The van der Waals surface area contributed by atoms with Crippen LogP contribution in [0.15, 0.2) is 78.9 Å². The van der Waals surface area contributed by atoms with E-state index in [9.17, 15) is 0 Å². The molecule has 0 amide bonds. The number of hydrogen-bond donors (Lipinski definition) is 0. The number of anilines is 3. The van der Waals surface area contributed by atoms with Crippen molar-refractivity contribution in [2.45, 2.75) is 12.8 Å². The van der Waals surface area contributed by atoms with Gasteiger partial charge in [-0.15, -0.1) is 0 Å². The summed E-state index contributed by atoms with van der Waals surface area (Å²) >= 11 is 0. The number of hydrogen-bond acceptors (Lipinski definition) is 5. The van der Waals surface area contributed by atoms with E-state index < -0.39 is 0 Å². The van der Waals surface area contributed by atoms with Crippen LogP contribution in [0.25, 0.3) is 0 Å². The first-order chi connectivity index (χ1) is 17.1. The van der Waals surface area contributed by atoms with Crippen LogP contribution in [0.2, 0.25) is 0 Å². The molecule has 0 saturated carbocycles. The quantitative estimate of drug-likeness (QED) is 0.269. The molecule has 178 valence electrons. The smallest absolute Gasteiger partial charge is 0.126 e. The van der Waals surface area contributed by atoms with E-state index in [1.807, 2.05) is 42.5 Å². The zero-order chi connectivity index (χ0) is 24.5. The molecule has 0 N–H and O–H groups in total. The van der Waals surface area contributed by atoms with Crippen LogP contribution in [0, 0.1) is 6.92 Å². The largest absolute Gasteiger partial charge is 0.496 e. The summed E-state index contributed by atoms with van der Waals surface area (Å²) in [6.45, 7) is 2.10. The molecule has 4 aromatic carbocycles. The molecule has 0 unspecified atom stereocenters. The topological polar surface area (TPSA) is 40.2 Å². The summed E-state index contributed by atoms with van der Waals surface area (Å²) in [7, 11) is 6.79. The van der Waals surface area contributed by atoms with Crippen LogP contribution in [0.1, 0.15) is 28.2 Å². The average Bonchev–Trinajstić information content (AvgIpc) is 2.91. The van der Waals surface area contributed by atoms with Crippen molar-refractivity contribution in [2.24, 2.45) is 0 Å². The van der Waals surface area contributed by atoms with Gasteiger partial charge in [-0.25, -0.2) is 0 Å². The van der Waals surface area contributed by atoms with Gasteiger partial charge in [-0.2, -0.15) is 0 Å². The first kappa shape index (κ1) is 22.7. The standard InChI is InChI=1S/C30H29NO4/c1-19-15-17-20(18-16-19)31-21-9-6-11-23(32-2)27(21)30(28-22(31)10-7-12-24(28)33-3)29-25(34-4)13-8-14-26(29)35-5/h6-18,30H,1-5H3. The lowest BCUT2D eigenvalue weighted by molar-refractivity contribution is 0.378. The maximum Gasteiger partial charge on any atom is 0.126 e. The second kappa shape index (κ2) is 9.26. The van der Waals surface area contributed by atoms with Gasteiger partial charge in [0.05, 0.1) is 45.7 Å². The van der Waals surface area contributed by atoms with Crippen molar-refractivity contribution in [1.82, 2.24) is 0 Å². The molecule has 0 saturated heterocycles. The maximum absolute atomic E-state index is 5.95. The van der Waals surface area contributed by atoms with E-state index in [-0.39, 0.29) is 5.92 Å². The number of ether oxygens (including phenoxy) is 4. The molecule has 0 aromatic heterocycles. The Labute approximate surface area is 206 Å². The Morgan fingerprint density at radius 3 is 1.34 bits per heavy atom. The minimum atomic E-state index is -0.250. The van der Waals surface area contributed by atoms with Gasteiger partial charge in [0.25, 0.3) is 0 Å². The third kappa shape index (κ3) is 3.64. The summed E-state index contributed by atoms with van der Waals surface area (Å²) in [4.78, 5) is 2.27. The Kier molecular flexibility index (Phi) is 6.00. The summed E-state index contributed by atoms with van der Waals surface area (Å²) in [5.74, 6) is 2.81. The van der Waals surface area contributed by atoms with E-state index in [0.29, 0.717) is 0 Å². The molecule has 0 aliphatic carbocycles. The summed E-state index contributed by atoms with van der Waals surface area (Å²) < 4.78 is 23.6. The van der Waals surface area contributed by atoms with Crippen LogP contribution in [0.3, 0.4) is 0 Å². The lowest BCUT2D eigenvalue weighted by Crippen LogP contribution is -2.24. The Balaban J connectivity index is 1.92. The highest BCUT2D eigenvalue weighted by Crippen LogP contribution is 2.58. The summed E-state index contributed by atoms with van der Waals surface area (Å²) in [5.41, 5.74) is 7.31. The minimum absolute atomic E-state index is 0.250. The maximum atomic E-state index is 5.95. The molecule has 0 fully saturated rings. The molecular formula is C30H29NO4. The van der Waals surface area contributed by atoms with Gasteiger partial charge in [0, 0.05) is 22.4 Å². The van der Waals surface area contributed by atoms with Gasteiger partial charge in [-0.1, -0.05) is 35.9 Å². The zero-order valence-corrected chi connectivity index (χ0v) is 20.7. The Bertz CT molecular complexity index is 1290. The van der Waals surface area contributed by atoms with Crippen molar-refractivity contribution in [3.05, 3.63) is 101 Å². The molecule has 0 spiro atoms. The fourth-order valence-electron chi connectivity index (χ4n) is 5.09. The van der Waals surface area contributed by atoms with Crippen molar-refractivity contribution in [3.8, 4) is 23.0 Å². The average molecular weight is 468 g/mol. The van der Waals surface area contributed by atoms with Crippen molar-refractivity contribution in [3.63, 3.8) is 0 Å². The first-order valence-electron chi connectivity index (χ1n) is 11.5. The molecule has 1 aliphatic rings. The number of fused-ring (bicyclic) bond motifs is 2. The van der Waals surface area contributed by atoms with E-state index in [2.05, 4.69) is 48.2 Å². The lowest BCUT2D eigenvalue weighted by Gasteiger charge is -2.39. The Hall–Kier alpha value is -4.12. The van der Waals surface area contributed by atoms with E-state index in [1.54, 1.807) is 28.4 Å². The molecule has 35 heavy (non-hydrogen) atoms. The van der Waals surface area contributed by atoms with E-state index >= 15 is 0 Å². The number of nitrogens with zero attached hydrogens (tertiary/aromatic N) is 1. The van der Waals surface area contributed by atoms with Crippen LogP contribution >= 0.6 is 0 Å². The third-order valence-electron chi connectivity index (χ3n) is 6.63. The highest BCUT2D eigenvalue weighted by Gasteiger charge is 2.39. The predicted molar refractivity (Wildman–Crippen MR) is 139 cm³/mol. The second-order valence-corrected chi connectivity index (χ2v) is 8.47.